The Morgan fingerprint density at radius 1 is 1.05 bits per heavy atom. The Morgan fingerprint density at radius 2 is 1.76 bits per heavy atom. The summed E-state index contributed by atoms with van der Waals surface area (Å²) in [4.78, 5) is 2.36. The predicted molar refractivity (Wildman–Crippen MR) is 82.9 cm³/mol. The first-order valence-electron chi connectivity index (χ1n) is 7.07. The Bertz CT molecular complexity index is 609. The van der Waals surface area contributed by atoms with E-state index in [2.05, 4.69) is 4.90 Å². The molecule has 1 saturated heterocycles. The first-order valence-corrected chi connectivity index (χ1v) is 7.44. The maximum Gasteiger partial charge on any atom is 0.131 e. The number of rotatable bonds is 3. The van der Waals surface area contributed by atoms with Gasteiger partial charge in [-0.05, 0) is 29.3 Å². The normalized spacial score (nSPS) is 16.1. The van der Waals surface area contributed by atoms with Crippen LogP contribution in [-0.2, 0) is 11.3 Å². The lowest BCUT2D eigenvalue weighted by Gasteiger charge is -2.26. The van der Waals surface area contributed by atoms with Gasteiger partial charge >= 0.3 is 0 Å². The SMILES string of the molecule is Fc1ccc(Cl)cc1-c1ccc(CN2CCOCC2)cc1. The van der Waals surface area contributed by atoms with Crippen LogP contribution >= 0.6 is 11.6 Å². The summed E-state index contributed by atoms with van der Waals surface area (Å²) in [6, 6.07) is 12.6. The highest BCUT2D eigenvalue weighted by Gasteiger charge is 2.11. The van der Waals surface area contributed by atoms with Gasteiger partial charge in [0.1, 0.15) is 5.82 Å². The molecule has 0 amide bonds. The fraction of sp³-hybridized carbons (Fsp3) is 0.294. The maximum absolute atomic E-state index is 13.8. The highest BCUT2D eigenvalue weighted by molar-refractivity contribution is 6.30. The Kier molecular flexibility index (Phi) is 4.54. The Hall–Kier alpha value is -1.42. The van der Waals surface area contributed by atoms with Gasteiger partial charge in [0.2, 0.25) is 0 Å². The van der Waals surface area contributed by atoms with E-state index in [4.69, 9.17) is 16.3 Å². The minimum atomic E-state index is -0.250. The molecule has 2 aromatic carbocycles. The highest BCUT2D eigenvalue weighted by Crippen LogP contribution is 2.26. The number of morpholine rings is 1. The molecule has 110 valence electrons. The van der Waals surface area contributed by atoms with Gasteiger partial charge in [-0.1, -0.05) is 35.9 Å². The van der Waals surface area contributed by atoms with Crippen molar-refractivity contribution in [2.75, 3.05) is 26.3 Å². The van der Waals surface area contributed by atoms with Crippen molar-refractivity contribution in [1.29, 1.82) is 0 Å². The predicted octanol–water partition coefficient (Wildman–Crippen LogP) is 3.98. The zero-order chi connectivity index (χ0) is 14.7. The molecule has 4 heteroatoms. The van der Waals surface area contributed by atoms with Crippen LogP contribution in [0.4, 0.5) is 4.39 Å². The molecule has 0 saturated carbocycles. The van der Waals surface area contributed by atoms with E-state index in [0.29, 0.717) is 10.6 Å². The largest absolute Gasteiger partial charge is 0.379 e. The summed E-state index contributed by atoms with van der Waals surface area (Å²) in [7, 11) is 0. The van der Waals surface area contributed by atoms with E-state index in [9.17, 15) is 4.39 Å². The third-order valence-electron chi connectivity index (χ3n) is 3.70. The summed E-state index contributed by atoms with van der Waals surface area (Å²) >= 11 is 5.94. The van der Waals surface area contributed by atoms with Crippen LogP contribution in [-0.4, -0.2) is 31.2 Å². The van der Waals surface area contributed by atoms with E-state index < -0.39 is 0 Å². The Labute approximate surface area is 129 Å². The average Bonchev–Trinajstić information content (AvgIpc) is 2.52. The molecule has 1 aliphatic heterocycles. The molecule has 21 heavy (non-hydrogen) atoms. The van der Waals surface area contributed by atoms with Gasteiger partial charge in [-0.25, -0.2) is 4.39 Å². The Morgan fingerprint density at radius 3 is 2.48 bits per heavy atom. The van der Waals surface area contributed by atoms with Gasteiger partial charge in [-0.2, -0.15) is 0 Å². The van der Waals surface area contributed by atoms with Gasteiger partial charge < -0.3 is 4.74 Å². The molecule has 0 unspecified atom stereocenters. The zero-order valence-corrected chi connectivity index (χ0v) is 12.4. The molecule has 0 N–H and O–H groups in total. The molecule has 2 nitrogen and oxygen atoms in total. The molecule has 1 aliphatic rings. The molecule has 1 heterocycles. The molecular weight excluding hydrogens is 289 g/mol. The van der Waals surface area contributed by atoms with Crippen LogP contribution in [0.15, 0.2) is 42.5 Å². The van der Waals surface area contributed by atoms with Crippen molar-refractivity contribution >= 4 is 11.6 Å². The standard InChI is InChI=1S/C17H17ClFNO/c18-15-5-6-17(19)16(11-15)14-3-1-13(2-4-14)12-20-7-9-21-10-8-20/h1-6,11H,7-10,12H2. The lowest BCUT2D eigenvalue weighted by Crippen LogP contribution is -2.35. The number of halogens is 2. The van der Waals surface area contributed by atoms with E-state index in [1.54, 1.807) is 12.1 Å². The average molecular weight is 306 g/mol. The third kappa shape index (κ3) is 3.62. The fourth-order valence-corrected chi connectivity index (χ4v) is 2.70. The molecule has 0 aromatic heterocycles. The van der Waals surface area contributed by atoms with E-state index in [1.807, 2.05) is 24.3 Å². The van der Waals surface area contributed by atoms with Crippen LogP contribution in [0.1, 0.15) is 5.56 Å². The molecule has 3 rings (SSSR count). The summed E-state index contributed by atoms with van der Waals surface area (Å²) in [5.74, 6) is -0.250. The van der Waals surface area contributed by atoms with Crippen molar-refractivity contribution in [3.8, 4) is 11.1 Å². The summed E-state index contributed by atoms with van der Waals surface area (Å²) in [6.45, 7) is 4.43. The lowest BCUT2D eigenvalue weighted by molar-refractivity contribution is 0.0342. The molecule has 0 radical (unpaired) electrons. The van der Waals surface area contributed by atoms with Crippen LogP contribution in [0.25, 0.3) is 11.1 Å². The summed E-state index contributed by atoms with van der Waals surface area (Å²) in [5.41, 5.74) is 2.62. The van der Waals surface area contributed by atoms with Gasteiger partial charge in [-0.15, -0.1) is 0 Å². The van der Waals surface area contributed by atoms with Crippen molar-refractivity contribution in [1.82, 2.24) is 4.90 Å². The topological polar surface area (TPSA) is 12.5 Å². The van der Waals surface area contributed by atoms with Crippen LogP contribution < -0.4 is 0 Å². The molecule has 0 spiro atoms. The van der Waals surface area contributed by atoms with Gasteiger partial charge in [0.25, 0.3) is 0 Å². The number of hydrogen-bond donors (Lipinski definition) is 0. The molecule has 1 fully saturated rings. The van der Waals surface area contributed by atoms with Crippen LogP contribution in [0, 0.1) is 5.82 Å². The first kappa shape index (κ1) is 14.5. The smallest absolute Gasteiger partial charge is 0.131 e. The molecule has 2 aromatic rings. The first-order chi connectivity index (χ1) is 10.2. The quantitative estimate of drug-likeness (QED) is 0.850. The lowest BCUT2D eigenvalue weighted by atomic mass is 10.0. The van der Waals surface area contributed by atoms with Crippen LogP contribution in [0.5, 0.6) is 0 Å². The van der Waals surface area contributed by atoms with Gasteiger partial charge in [-0.3, -0.25) is 4.90 Å². The van der Waals surface area contributed by atoms with Crippen molar-refractivity contribution in [2.24, 2.45) is 0 Å². The second kappa shape index (κ2) is 6.56. The van der Waals surface area contributed by atoms with Gasteiger partial charge in [0.15, 0.2) is 0 Å². The second-order valence-electron chi connectivity index (χ2n) is 5.21. The third-order valence-corrected chi connectivity index (χ3v) is 3.94. The minimum Gasteiger partial charge on any atom is -0.379 e. The van der Waals surface area contributed by atoms with E-state index in [-0.39, 0.29) is 5.82 Å². The minimum absolute atomic E-state index is 0.250. The summed E-state index contributed by atoms with van der Waals surface area (Å²) < 4.78 is 19.2. The van der Waals surface area contributed by atoms with Crippen molar-refractivity contribution in [3.63, 3.8) is 0 Å². The number of nitrogens with zero attached hydrogens (tertiary/aromatic N) is 1. The van der Waals surface area contributed by atoms with E-state index in [1.165, 1.54) is 11.6 Å². The highest BCUT2D eigenvalue weighted by atomic mass is 35.5. The fourth-order valence-electron chi connectivity index (χ4n) is 2.53. The van der Waals surface area contributed by atoms with Gasteiger partial charge in [0.05, 0.1) is 13.2 Å². The number of hydrogen-bond acceptors (Lipinski definition) is 2. The van der Waals surface area contributed by atoms with Crippen LogP contribution in [0.3, 0.4) is 0 Å². The molecular formula is C17H17ClFNO. The maximum atomic E-state index is 13.8. The summed E-state index contributed by atoms with van der Waals surface area (Å²) in [5, 5.41) is 0.545. The Balaban J connectivity index is 1.75. The summed E-state index contributed by atoms with van der Waals surface area (Å²) in [6.07, 6.45) is 0. The van der Waals surface area contributed by atoms with E-state index >= 15 is 0 Å². The second-order valence-corrected chi connectivity index (χ2v) is 5.65. The van der Waals surface area contributed by atoms with Crippen molar-refractivity contribution < 1.29 is 9.13 Å². The molecule has 0 bridgehead atoms. The zero-order valence-electron chi connectivity index (χ0n) is 11.7. The monoisotopic (exact) mass is 305 g/mol. The van der Waals surface area contributed by atoms with Crippen LogP contribution in [0.2, 0.25) is 5.02 Å². The molecule has 0 aliphatic carbocycles. The van der Waals surface area contributed by atoms with E-state index in [0.717, 1.165) is 38.4 Å². The number of ether oxygens (including phenoxy) is 1. The van der Waals surface area contributed by atoms with Gasteiger partial charge in [0, 0.05) is 30.2 Å². The van der Waals surface area contributed by atoms with Crippen molar-refractivity contribution in [2.45, 2.75) is 6.54 Å². The number of benzene rings is 2. The van der Waals surface area contributed by atoms with Crippen molar-refractivity contribution in [3.05, 3.63) is 58.9 Å². The molecule has 0 atom stereocenters.